The molecule has 2 N–H and O–H groups in total. The summed E-state index contributed by atoms with van der Waals surface area (Å²) in [6.07, 6.45) is 2.72. The smallest absolute Gasteiger partial charge is 0.254 e. The van der Waals surface area contributed by atoms with E-state index in [0.717, 1.165) is 33.7 Å². The highest BCUT2D eigenvalue weighted by molar-refractivity contribution is 7.98. The van der Waals surface area contributed by atoms with Crippen molar-refractivity contribution in [2.75, 3.05) is 26.0 Å². The fraction of sp³-hybridized carbons (Fsp3) is 0.517. The van der Waals surface area contributed by atoms with Gasteiger partial charge in [0.2, 0.25) is 0 Å². The number of aryl methyl sites for hydroxylation is 1. The Kier molecular flexibility index (Phi) is 7.48. The van der Waals surface area contributed by atoms with Gasteiger partial charge in [-0.05, 0) is 59.4 Å². The summed E-state index contributed by atoms with van der Waals surface area (Å²) >= 11 is 1.50. The van der Waals surface area contributed by atoms with Gasteiger partial charge in [0.15, 0.2) is 6.29 Å². The maximum absolute atomic E-state index is 13.5. The van der Waals surface area contributed by atoms with Gasteiger partial charge < -0.3 is 24.3 Å². The van der Waals surface area contributed by atoms with Gasteiger partial charge >= 0.3 is 0 Å². The standard InChI is InChI=1S/C29H38N4O4S/c1-17-13-24(38-6)22(26(34)31-17)14-30-27(35)25-18(2)33(23-10-8-7-9-21(23)25)19(3)28-36-15-20(16-37-28)32-12-11-29(32,4)5/h7-10,13,19-20,28H,11-12,14-16H2,1-6H3,(H,30,35)(H,31,34)/t19-,20?,28?/m1/s1. The summed E-state index contributed by atoms with van der Waals surface area (Å²) in [5.41, 5.74) is 3.80. The molecule has 4 heterocycles. The van der Waals surface area contributed by atoms with Crippen molar-refractivity contribution in [3.63, 3.8) is 0 Å². The van der Waals surface area contributed by atoms with E-state index in [9.17, 15) is 9.59 Å². The summed E-state index contributed by atoms with van der Waals surface area (Å²) in [6, 6.07) is 9.99. The number of fused-ring (bicyclic) bond motifs is 1. The minimum absolute atomic E-state index is 0.130. The van der Waals surface area contributed by atoms with Crippen molar-refractivity contribution in [1.82, 2.24) is 19.8 Å². The zero-order valence-corrected chi connectivity index (χ0v) is 23.9. The van der Waals surface area contributed by atoms with Crippen LogP contribution in [-0.4, -0.2) is 64.2 Å². The first-order valence-electron chi connectivity index (χ1n) is 13.3. The number of ether oxygens (including phenoxy) is 2. The molecule has 5 rings (SSSR count). The predicted molar refractivity (Wildman–Crippen MR) is 151 cm³/mol. The Morgan fingerprint density at radius 3 is 2.58 bits per heavy atom. The topological polar surface area (TPSA) is 88.6 Å². The molecule has 2 saturated heterocycles. The second kappa shape index (κ2) is 10.5. The third-order valence-electron chi connectivity index (χ3n) is 8.15. The van der Waals surface area contributed by atoms with E-state index in [1.54, 1.807) is 0 Å². The largest absolute Gasteiger partial charge is 0.349 e. The Morgan fingerprint density at radius 2 is 1.95 bits per heavy atom. The number of nitrogens with one attached hydrogen (secondary N) is 2. The number of H-pyrrole nitrogens is 1. The number of aromatic amines is 1. The Labute approximate surface area is 228 Å². The van der Waals surface area contributed by atoms with Crippen LogP contribution in [0.5, 0.6) is 0 Å². The Balaban J connectivity index is 1.37. The average Bonchev–Trinajstić information content (AvgIpc) is 3.18. The van der Waals surface area contributed by atoms with Crippen LogP contribution in [0.25, 0.3) is 10.9 Å². The number of thioether (sulfide) groups is 1. The highest BCUT2D eigenvalue weighted by Crippen LogP contribution is 2.36. The Morgan fingerprint density at radius 1 is 1.24 bits per heavy atom. The van der Waals surface area contributed by atoms with Gasteiger partial charge in [0.05, 0.1) is 30.9 Å². The lowest BCUT2D eigenvalue weighted by Crippen LogP contribution is -2.64. The van der Waals surface area contributed by atoms with E-state index in [2.05, 4.69) is 40.5 Å². The maximum Gasteiger partial charge on any atom is 0.254 e. The molecule has 3 aromatic rings. The van der Waals surface area contributed by atoms with Gasteiger partial charge in [-0.25, -0.2) is 0 Å². The summed E-state index contributed by atoms with van der Waals surface area (Å²) < 4.78 is 14.7. The molecule has 1 aromatic carbocycles. The molecule has 1 amide bonds. The van der Waals surface area contributed by atoms with Gasteiger partial charge in [0, 0.05) is 51.4 Å². The molecule has 0 spiro atoms. The first-order valence-corrected chi connectivity index (χ1v) is 14.5. The molecule has 0 saturated carbocycles. The summed E-state index contributed by atoms with van der Waals surface area (Å²) in [5, 5.41) is 3.87. The average molecular weight is 539 g/mol. The third-order valence-corrected chi connectivity index (χ3v) is 8.95. The maximum atomic E-state index is 13.5. The Hall–Kier alpha value is -2.59. The van der Waals surface area contributed by atoms with Crippen molar-refractivity contribution >= 4 is 28.6 Å². The van der Waals surface area contributed by atoms with Crippen molar-refractivity contribution in [3.05, 3.63) is 63.2 Å². The predicted octanol–water partition coefficient (Wildman–Crippen LogP) is 4.39. The summed E-state index contributed by atoms with van der Waals surface area (Å²) in [4.78, 5) is 32.3. The number of carbonyl (C=O) groups is 1. The van der Waals surface area contributed by atoms with Crippen molar-refractivity contribution < 1.29 is 14.3 Å². The second-order valence-corrected chi connectivity index (χ2v) is 11.9. The number of benzene rings is 1. The lowest BCUT2D eigenvalue weighted by atomic mass is 9.87. The number of aromatic nitrogens is 2. The van der Waals surface area contributed by atoms with Gasteiger partial charge in [0.1, 0.15) is 0 Å². The fourth-order valence-corrected chi connectivity index (χ4v) is 6.65. The van der Waals surface area contributed by atoms with Gasteiger partial charge in [-0.1, -0.05) is 18.2 Å². The van der Waals surface area contributed by atoms with Crippen LogP contribution < -0.4 is 10.9 Å². The SMILES string of the molecule is CSc1cc(C)[nH]c(=O)c1CNC(=O)c1c(C)n([C@H](C)C2OCC(N3CCC3(C)C)CO2)c2ccccc12. The molecule has 1 atom stereocenters. The molecule has 0 unspecified atom stereocenters. The normalized spacial score (nSPS) is 22.3. The summed E-state index contributed by atoms with van der Waals surface area (Å²) in [7, 11) is 0. The van der Waals surface area contributed by atoms with Crippen LogP contribution in [0.2, 0.25) is 0 Å². The molecule has 2 aliphatic heterocycles. The van der Waals surface area contributed by atoms with Crippen molar-refractivity contribution in [3.8, 4) is 0 Å². The van der Waals surface area contributed by atoms with Gasteiger partial charge in [-0.2, -0.15) is 0 Å². The van der Waals surface area contributed by atoms with Crippen LogP contribution in [0.3, 0.4) is 0 Å². The minimum atomic E-state index is -0.406. The van der Waals surface area contributed by atoms with E-state index < -0.39 is 6.29 Å². The van der Waals surface area contributed by atoms with Gasteiger partial charge in [-0.3, -0.25) is 14.5 Å². The summed E-state index contributed by atoms with van der Waals surface area (Å²) in [5.74, 6) is -0.206. The van der Waals surface area contributed by atoms with Crippen LogP contribution in [-0.2, 0) is 16.0 Å². The molecule has 38 heavy (non-hydrogen) atoms. The lowest BCUT2D eigenvalue weighted by Gasteiger charge is -2.53. The molecule has 2 aromatic heterocycles. The number of para-hydroxylation sites is 1. The van der Waals surface area contributed by atoms with Crippen LogP contribution in [0.1, 0.15) is 60.5 Å². The van der Waals surface area contributed by atoms with Crippen molar-refractivity contribution in [1.29, 1.82) is 0 Å². The van der Waals surface area contributed by atoms with E-state index in [-0.39, 0.29) is 35.6 Å². The zero-order valence-electron chi connectivity index (χ0n) is 23.1. The zero-order chi connectivity index (χ0) is 27.2. The minimum Gasteiger partial charge on any atom is -0.349 e. The number of hydrogen-bond donors (Lipinski definition) is 2. The molecule has 0 radical (unpaired) electrons. The number of rotatable bonds is 7. The quantitative estimate of drug-likeness (QED) is 0.434. The third kappa shape index (κ3) is 4.81. The van der Waals surface area contributed by atoms with E-state index in [1.807, 2.05) is 50.4 Å². The van der Waals surface area contributed by atoms with Gasteiger partial charge in [-0.15, -0.1) is 11.8 Å². The molecular formula is C29H38N4O4S. The number of pyridine rings is 1. The second-order valence-electron chi connectivity index (χ2n) is 11.0. The molecule has 2 fully saturated rings. The van der Waals surface area contributed by atoms with Crippen LogP contribution in [0.4, 0.5) is 0 Å². The number of nitrogens with zero attached hydrogens (tertiary/aromatic N) is 2. The van der Waals surface area contributed by atoms with E-state index in [0.29, 0.717) is 24.3 Å². The van der Waals surface area contributed by atoms with Gasteiger partial charge in [0.25, 0.3) is 11.5 Å². The lowest BCUT2D eigenvalue weighted by molar-refractivity contribution is -0.236. The number of hydrogen-bond acceptors (Lipinski definition) is 6. The van der Waals surface area contributed by atoms with Crippen molar-refractivity contribution in [2.24, 2.45) is 0 Å². The molecular weight excluding hydrogens is 500 g/mol. The van der Waals surface area contributed by atoms with E-state index in [1.165, 1.54) is 18.2 Å². The Bertz CT molecular complexity index is 1400. The van der Waals surface area contributed by atoms with E-state index >= 15 is 0 Å². The monoisotopic (exact) mass is 538 g/mol. The number of amides is 1. The van der Waals surface area contributed by atoms with Crippen LogP contribution >= 0.6 is 11.8 Å². The highest BCUT2D eigenvalue weighted by Gasteiger charge is 2.43. The number of likely N-dealkylation sites (tertiary alicyclic amines) is 1. The summed E-state index contributed by atoms with van der Waals surface area (Å²) in [6.45, 7) is 12.9. The molecule has 0 aliphatic carbocycles. The molecule has 0 bridgehead atoms. The number of carbonyl (C=O) groups excluding carboxylic acids is 1. The first kappa shape index (κ1) is 27.0. The van der Waals surface area contributed by atoms with Crippen LogP contribution in [0, 0.1) is 13.8 Å². The first-order chi connectivity index (χ1) is 18.1. The van der Waals surface area contributed by atoms with Crippen LogP contribution in [0.15, 0.2) is 40.0 Å². The van der Waals surface area contributed by atoms with E-state index in [4.69, 9.17) is 9.47 Å². The molecule has 9 heteroatoms. The molecule has 8 nitrogen and oxygen atoms in total. The highest BCUT2D eigenvalue weighted by atomic mass is 32.2. The molecule has 2 aliphatic rings. The molecule has 204 valence electrons. The fourth-order valence-electron chi connectivity index (χ4n) is 5.95. The van der Waals surface area contributed by atoms with Crippen molar-refractivity contribution in [2.45, 2.75) is 76.4 Å².